The van der Waals surface area contributed by atoms with Crippen LogP contribution in [0.25, 0.3) is 16.7 Å². The molecule has 1 fully saturated rings. The predicted octanol–water partition coefficient (Wildman–Crippen LogP) is 2.69. The van der Waals surface area contributed by atoms with Crippen molar-refractivity contribution in [2.45, 2.75) is 6.04 Å². The second kappa shape index (κ2) is 5.31. The Morgan fingerprint density at radius 1 is 1.05 bits per heavy atom. The summed E-state index contributed by atoms with van der Waals surface area (Å²) in [6.07, 6.45) is 0. The van der Waals surface area contributed by atoms with E-state index in [1.165, 1.54) is 0 Å². The molecule has 106 valence electrons. The van der Waals surface area contributed by atoms with Gasteiger partial charge in [0.15, 0.2) is 0 Å². The van der Waals surface area contributed by atoms with Crippen LogP contribution in [0.2, 0.25) is 0 Å². The summed E-state index contributed by atoms with van der Waals surface area (Å²) >= 11 is 0. The third-order valence-corrected chi connectivity index (χ3v) is 3.83. The summed E-state index contributed by atoms with van der Waals surface area (Å²) in [5.74, 6) is 1.02. The average molecular weight is 279 g/mol. The first-order chi connectivity index (χ1) is 10.4. The van der Waals surface area contributed by atoms with Gasteiger partial charge in [-0.25, -0.2) is 4.98 Å². The van der Waals surface area contributed by atoms with E-state index in [0.717, 1.165) is 35.7 Å². The third kappa shape index (κ3) is 2.22. The minimum Gasteiger partial charge on any atom is -0.378 e. The fourth-order valence-corrected chi connectivity index (χ4v) is 2.86. The Hall–Kier alpha value is -2.17. The Kier molecular flexibility index (Phi) is 3.18. The molecule has 2 heterocycles. The number of aromatic nitrogens is 2. The van der Waals surface area contributed by atoms with Crippen LogP contribution in [-0.2, 0) is 4.74 Å². The number of nitrogens with one attached hydrogen (secondary N) is 1. The number of benzene rings is 2. The SMILES string of the molecule is c1ccc(-n2c(C3COCCN3)nc3ccccc32)cc1. The first-order valence-electron chi connectivity index (χ1n) is 7.27. The number of morpholine rings is 1. The second-order valence-corrected chi connectivity index (χ2v) is 5.21. The Bertz CT molecular complexity index is 745. The number of rotatable bonds is 2. The van der Waals surface area contributed by atoms with E-state index >= 15 is 0 Å². The van der Waals surface area contributed by atoms with Gasteiger partial charge in [-0.05, 0) is 24.3 Å². The molecule has 1 aromatic heterocycles. The molecule has 1 N–H and O–H groups in total. The van der Waals surface area contributed by atoms with Crippen molar-refractivity contribution < 1.29 is 4.74 Å². The van der Waals surface area contributed by atoms with Crippen LogP contribution in [0.1, 0.15) is 11.9 Å². The lowest BCUT2D eigenvalue weighted by atomic mass is 10.2. The molecule has 1 saturated heterocycles. The standard InChI is InChI=1S/C17H17N3O/c1-2-6-13(7-3-1)20-16-9-5-4-8-14(16)19-17(20)15-12-21-11-10-18-15/h1-9,15,18H,10-12H2. The maximum atomic E-state index is 5.61. The fraction of sp³-hybridized carbons (Fsp3) is 0.235. The van der Waals surface area contributed by atoms with Gasteiger partial charge in [-0.1, -0.05) is 30.3 Å². The zero-order chi connectivity index (χ0) is 14.1. The second-order valence-electron chi connectivity index (χ2n) is 5.21. The first kappa shape index (κ1) is 12.6. The highest BCUT2D eigenvalue weighted by Crippen LogP contribution is 2.26. The van der Waals surface area contributed by atoms with Crippen LogP contribution >= 0.6 is 0 Å². The molecule has 4 nitrogen and oxygen atoms in total. The molecule has 1 unspecified atom stereocenters. The topological polar surface area (TPSA) is 39.1 Å². The first-order valence-corrected chi connectivity index (χ1v) is 7.27. The largest absolute Gasteiger partial charge is 0.378 e. The van der Waals surface area contributed by atoms with Gasteiger partial charge in [0.05, 0.1) is 30.3 Å². The van der Waals surface area contributed by atoms with Crippen molar-refractivity contribution >= 4 is 11.0 Å². The number of hydrogen-bond acceptors (Lipinski definition) is 3. The lowest BCUT2D eigenvalue weighted by Gasteiger charge is -2.24. The van der Waals surface area contributed by atoms with E-state index in [2.05, 4.69) is 52.3 Å². The molecular formula is C17H17N3O. The van der Waals surface area contributed by atoms with Crippen molar-refractivity contribution in [3.05, 3.63) is 60.4 Å². The Balaban J connectivity index is 1.92. The molecule has 0 radical (unpaired) electrons. The molecule has 3 aromatic rings. The highest BCUT2D eigenvalue weighted by molar-refractivity contribution is 5.78. The molecule has 0 spiro atoms. The van der Waals surface area contributed by atoms with E-state index in [9.17, 15) is 0 Å². The Morgan fingerprint density at radius 2 is 1.86 bits per heavy atom. The highest BCUT2D eigenvalue weighted by atomic mass is 16.5. The van der Waals surface area contributed by atoms with Gasteiger partial charge in [0, 0.05) is 12.2 Å². The van der Waals surface area contributed by atoms with Gasteiger partial charge in [0.1, 0.15) is 5.82 Å². The van der Waals surface area contributed by atoms with E-state index in [1.54, 1.807) is 0 Å². The van der Waals surface area contributed by atoms with Crippen LogP contribution < -0.4 is 5.32 Å². The van der Waals surface area contributed by atoms with Crippen LogP contribution in [0.3, 0.4) is 0 Å². The maximum absolute atomic E-state index is 5.61. The normalized spacial score (nSPS) is 19.0. The number of imidazole rings is 1. The summed E-state index contributed by atoms with van der Waals surface area (Å²) in [5.41, 5.74) is 3.28. The number of fused-ring (bicyclic) bond motifs is 1. The maximum Gasteiger partial charge on any atom is 0.134 e. The van der Waals surface area contributed by atoms with Crippen LogP contribution in [0.15, 0.2) is 54.6 Å². The number of hydrogen-bond donors (Lipinski definition) is 1. The molecule has 2 aromatic carbocycles. The monoisotopic (exact) mass is 279 g/mol. The quantitative estimate of drug-likeness (QED) is 0.784. The number of nitrogens with zero attached hydrogens (tertiary/aromatic N) is 2. The molecule has 0 amide bonds. The van der Waals surface area contributed by atoms with Crippen molar-refractivity contribution in [2.75, 3.05) is 19.8 Å². The summed E-state index contributed by atoms with van der Waals surface area (Å²) < 4.78 is 7.83. The van der Waals surface area contributed by atoms with Gasteiger partial charge >= 0.3 is 0 Å². The summed E-state index contributed by atoms with van der Waals surface area (Å²) in [6.45, 7) is 2.29. The molecular weight excluding hydrogens is 262 g/mol. The van der Waals surface area contributed by atoms with Gasteiger partial charge in [-0.15, -0.1) is 0 Å². The zero-order valence-electron chi connectivity index (χ0n) is 11.7. The van der Waals surface area contributed by atoms with E-state index in [-0.39, 0.29) is 6.04 Å². The molecule has 4 rings (SSSR count). The Labute approximate surface area is 123 Å². The lowest BCUT2D eigenvalue weighted by Crippen LogP contribution is -2.36. The minimum atomic E-state index is 0.131. The van der Waals surface area contributed by atoms with Gasteiger partial charge < -0.3 is 10.1 Å². The summed E-state index contributed by atoms with van der Waals surface area (Å²) in [7, 11) is 0. The average Bonchev–Trinajstić information content (AvgIpc) is 2.96. The number of para-hydroxylation sites is 3. The van der Waals surface area contributed by atoms with Crippen molar-refractivity contribution in [2.24, 2.45) is 0 Å². The van der Waals surface area contributed by atoms with Gasteiger partial charge in [0.2, 0.25) is 0 Å². The predicted molar refractivity (Wildman–Crippen MR) is 82.6 cm³/mol. The minimum absolute atomic E-state index is 0.131. The molecule has 0 bridgehead atoms. The van der Waals surface area contributed by atoms with Crippen molar-refractivity contribution in [3.8, 4) is 5.69 Å². The van der Waals surface area contributed by atoms with Gasteiger partial charge in [-0.2, -0.15) is 0 Å². The summed E-state index contributed by atoms with van der Waals surface area (Å²) in [6, 6.07) is 18.7. The highest BCUT2D eigenvalue weighted by Gasteiger charge is 2.23. The van der Waals surface area contributed by atoms with Crippen molar-refractivity contribution in [1.82, 2.24) is 14.9 Å². The molecule has 21 heavy (non-hydrogen) atoms. The van der Waals surface area contributed by atoms with Crippen molar-refractivity contribution in [1.29, 1.82) is 0 Å². The van der Waals surface area contributed by atoms with Gasteiger partial charge in [-0.3, -0.25) is 4.57 Å². The van der Waals surface area contributed by atoms with Crippen LogP contribution in [-0.4, -0.2) is 29.3 Å². The smallest absolute Gasteiger partial charge is 0.134 e. The van der Waals surface area contributed by atoms with E-state index in [1.807, 2.05) is 12.1 Å². The summed E-state index contributed by atoms with van der Waals surface area (Å²) in [4.78, 5) is 4.83. The molecule has 1 aliphatic heterocycles. The molecule has 1 aliphatic rings. The molecule has 4 heteroatoms. The molecule has 0 aliphatic carbocycles. The van der Waals surface area contributed by atoms with Crippen LogP contribution in [0, 0.1) is 0 Å². The number of ether oxygens (including phenoxy) is 1. The zero-order valence-corrected chi connectivity index (χ0v) is 11.7. The molecule has 1 atom stereocenters. The van der Waals surface area contributed by atoms with E-state index in [4.69, 9.17) is 9.72 Å². The van der Waals surface area contributed by atoms with Crippen LogP contribution in [0.5, 0.6) is 0 Å². The lowest BCUT2D eigenvalue weighted by molar-refractivity contribution is 0.0739. The summed E-state index contributed by atoms with van der Waals surface area (Å²) in [5, 5.41) is 3.50. The van der Waals surface area contributed by atoms with Crippen molar-refractivity contribution in [3.63, 3.8) is 0 Å². The van der Waals surface area contributed by atoms with E-state index in [0.29, 0.717) is 6.61 Å². The third-order valence-electron chi connectivity index (χ3n) is 3.83. The Morgan fingerprint density at radius 3 is 2.67 bits per heavy atom. The van der Waals surface area contributed by atoms with E-state index < -0.39 is 0 Å². The van der Waals surface area contributed by atoms with Crippen LogP contribution in [0.4, 0.5) is 0 Å². The fourth-order valence-electron chi connectivity index (χ4n) is 2.86. The molecule has 0 saturated carbocycles. The van der Waals surface area contributed by atoms with Gasteiger partial charge in [0.25, 0.3) is 0 Å².